The highest BCUT2D eigenvalue weighted by atomic mass is 32.9. The molecule has 140 valence electrons. The third kappa shape index (κ3) is 5.19. The number of anilines is 1. The van der Waals surface area contributed by atoms with Crippen LogP contribution in [0.3, 0.4) is 0 Å². The van der Waals surface area contributed by atoms with Crippen molar-refractivity contribution < 1.29 is 18.0 Å². The van der Waals surface area contributed by atoms with Crippen molar-refractivity contribution >= 4 is 56.3 Å². The van der Waals surface area contributed by atoms with Crippen molar-refractivity contribution in [3.05, 3.63) is 64.0 Å². The van der Waals surface area contributed by atoms with Gasteiger partial charge in [-0.05, 0) is 23.8 Å². The second-order valence-electron chi connectivity index (χ2n) is 5.40. The summed E-state index contributed by atoms with van der Waals surface area (Å²) in [6.07, 6.45) is -4.45. The van der Waals surface area contributed by atoms with Crippen LogP contribution in [0.2, 0.25) is 0 Å². The molecule has 0 fully saturated rings. The standard InChI is InChI=1S/C18H12F3NOS4/c19-18(20,21)12-7-4-8-13(9-12)22-14(23)10-25-17-15(16(24)26-27-17)11-5-2-1-3-6-11/h1-9H,10H2,(H,22,23). The second-order valence-corrected chi connectivity index (χ2v) is 9.46. The highest BCUT2D eigenvalue weighted by molar-refractivity contribution is 8.03. The summed E-state index contributed by atoms with van der Waals surface area (Å²) in [6, 6.07) is 14.3. The number of hydrogen-bond acceptors (Lipinski definition) is 5. The Bertz CT molecular complexity index is 996. The molecule has 0 unspecified atom stereocenters. The molecular formula is C18H12F3NOS4. The van der Waals surface area contributed by atoms with E-state index in [0.29, 0.717) is 0 Å². The van der Waals surface area contributed by atoms with E-state index in [2.05, 4.69) is 5.32 Å². The Kier molecular flexibility index (Phi) is 6.36. The number of benzene rings is 2. The van der Waals surface area contributed by atoms with E-state index in [1.165, 1.54) is 44.6 Å². The van der Waals surface area contributed by atoms with Crippen molar-refractivity contribution in [2.75, 3.05) is 11.1 Å². The first-order valence-corrected chi connectivity index (χ1v) is 11.2. The quantitative estimate of drug-likeness (QED) is 0.263. The van der Waals surface area contributed by atoms with E-state index in [1.807, 2.05) is 30.3 Å². The van der Waals surface area contributed by atoms with Gasteiger partial charge in [-0.3, -0.25) is 4.79 Å². The molecule has 0 radical (unpaired) electrons. The number of amides is 1. The van der Waals surface area contributed by atoms with Crippen LogP contribution in [0.1, 0.15) is 5.56 Å². The fourth-order valence-electron chi connectivity index (χ4n) is 2.28. The summed E-state index contributed by atoms with van der Waals surface area (Å²) in [6.45, 7) is 0. The zero-order valence-corrected chi connectivity index (χ0v) is 16.8. The summed E-state index contributed by atoms with van der Waals surface area (Å²) in [5.41, 5.74) is 1.24. The highest BCUT2D eigenvalue weighted by Crippen LogP contribution is 2.40. The largest absolute Gasteiger partial charge is 0.416 e. The number of alkyl halides is 3. The fraction of sp³-hybridized carbons (Fsp3) is 0.111. The summed E-state index contributed by atoms with van der Waals surface area (Å²) in [4.78, 5) is 12.2. The van der Waals surface area contributed by atoms with Crippen LogP contribution in [0.15, 0.2) is 58.8 Å². The van der Waals surface area contributed by atoms with Gasteiger partial charge in [0.05, 0.1) is 15.5 Å². The number of nitrogens with one attached hydrogen (secondary N) is 1. The van der Waals surface area contributed by atoms with Crippen molar-refractivity contribution in [3.63, 3.8) is 0 Å². The minimum Gasteiger partial charge on any atom is -0.325 e. The monoisotopic (exact) mass is 443 g/mol. The van der Waals surface area contributed by atoms with Crippen molar-refractivity contribution in [2.24, 2.45) is 0 Å². The lowest BCUT2D eigenvalue weighted by atomic mass is 10.1. The number of carbonyl (C=O) groups excluding carboxylic acids is 1. The zero-order valence-electron chi connectivity index (χ0n) is 13.6. The van der Waals surface area contributed by atoms with E-state index in [9.17, 15) is 18.0 Å². The lowest BCUT2D eigenvalue weighted by Gasteiger charge is -2.10. The van der Waals surface area contributed by atoms with Gasteiger partial charge in [-0.15, -0.1) is 11.8 Å². The minimum atomic E-state index is -4.45. The predicted octanol–water partition coefficient (Wildman–Crippen LogP) is 6.96. The Morgan fingerprint density at radius 1 is 1.07 bits per heavy atom. The van der Waals surface area contributed by atoms with Gasteiger partial charge in [0.1, 0.15) is 3.82 Å². The molecule has 0 aliphatic heterocycles. The SMILES string of the molecule is O=C(CSc1ssc(=S)c1-c1ccccc1)Nc1cccc(C(F)(F)F)c1. The molecule has 0 atom stereocenters. The molecule has 27 heavy (non-hydrogen) atoms. The molecule has 9 heteroatoms. The molecule has 0 saturated carbocycles. The summed E-state index contributed by atoms with van der Waals surface area (Å²) in [5, 5.41) is 2.51. The molecule has 0 spiro atoms. The van der Waals surface area contributed by atoms with E-state index < -0.39 is 11.7 Å². The normalized spacial score (nSPS) is 11.4. The van der Waals surface area contributed by atoms with E-state index in [-0.39, 0.29) is 17.3 Å². The molecule has 0 aliphatic carbocycles. The average Bonchev–Trinajstić information content (AvgIpc) is 3.01. The van der Waals surface area contributed by atoms with Crippen molar-refractivity contribution in [1.82, 2.24) is 0 Å². The Hall–Kier alpha value is -1.68. The Labute approximate surface area is 170 Å². The number of halogens is 3. The van der Waals surface area contributed by atoms with Crippen LogP contribution >= 0.6 is 44.7 Å². The molecule has 3 aromatic rings. The number of hydrogen-bond donors (Lipinski definition) is 1. The molecule has 0 aliphatic rings. The third-order valence-electron chi connectivity index (χ3n) is 3.47. The van der Waals surface area contributed by atoms with E-state index in [1.54, 1.807) is 0 Å². The molecule has 1 amide bonds. The lowest BCUT2D eigenvalue weighted by Crippen LogP contribution is -2.14. The maximum absolute atomic E-state index is 12.8. The highest BCUT2D eigenvalue weighted by Gasteiger charge is 2.30. The van der Waals surface area contributed by atoms with E-state index >= 15 is 0 Å². The second kappa shape index (κ2) is 8.55. The van der Waals surface area contributed by atoms with Crippen LogP contribution in [0.4, 0.5) is 18.9 Å². The van der Waals surface area contributed by atoms with Crippen LogP contribution in [-0.4, -0.2) is 11.7 Å². The van der Waals surface area contributed by atoms with Gasteiger partial charge in [0.15, 0.2) is 0 Å². The summed E-state index contributed by atoms with van der Waals surface area (Å²) >= 11 is 6.73. The Morgan fingerprint density at radius 2 is 1.81 bits per heavy atom. The molecule has 0 bridgehead atoms. The van der Waals surface area contributed by atoms with Gasteiger partial charge < -0.3 is 5.32 Å². The molecule has 1 heterocycles. The van der Waals surface area contributed by atoms with Crippen LogP contribution in [-0.2, 0) is 11.0 Å². The first kappa shape index (κ1) is 20.1. The van der Waals surface area contributed by atoms with Gasteiger partial charge in [-0.1, -0.05) is 69.3 Å². The summed E-state index contributed by atoms with van der Waals surface area (Å²) in [5.74, 6) is -0.291. The zero-order chi connectivity index (χ0) is 19.4. The summed E-state index contributed by atoms with van der Waals surface area (Å²) < 4.78 is 40.0. The van der Waals surface area contributed by atoms with Gasteiger partial charge in [0.25, 0.3) is 0 Å². The Balaban J connectivity index is 1.68. The predicted molar refractivity (Wildman–Crippen MR) is 109 cm³/mol. The van der Waals surface area contributed by atoms with Crippen molar-refractivity contribution in [3.8, 4) is 11.1 Å². The maximum Gasteiger partial charge on any atom is 0.416 e. The van der Waals surface area contributed by atoms with Crippen LogP contribution in [0.5, 0.6) is 0 Å². The topological polar surface area (TPSA) is 29.1 Å². The smallest absolute Gasteiger partial charge is 0.325 e. The molecule has 1 N–H and O–H groups in total. The molecule has 0 saturated heterocycles. The number of thioether (sulfide) groups is 1. The first-order valence-electron chi connectivity index (χ1n) is 7.63. The van der Waals surface area contributed by atoms with Crippen LogP contribution < -0.4 is 5.32 Å². The van der Waals surface area contributed by atoms with Gasteiger partial charge in [-0.25, -0.2) is 0 Å². The van der Waals surface area contributed by atoms with Crippen LogP contribution in [0.25, 0.3) is 11.1 Å². The molecule has 3 rings (SSSR count). The van der Waals surface area contributed by atoms with Crippen molar-refractivity contribution in [2.45, 2.75) is 10.4 Å². The van der Waals surface area contributed by atoms with E-state index in [0.717, 1.165) is 31.3 Å². The third-order valence-corrected chi connectivity index (χ3v) is 8.08. The van der Waals surface area contributed by atoms with Crippen LogP contribution in [0, 0.1) is 3.82 Å². The molecule has 2 aromatic carbocycles. The summed E-state index contributed by atoms with van der Waals surface area (Å²) in [7, 11) is 2.96. The van der Waals surface area contributed by atoms with Gasteiger partial charge in [-0.2, -0.15) is 13.2 Å². The van der Waals surface area contributed by atoms with Gasteiger partial charge in [0.2, 0.25) is 5.91 Å². The number of rotatable bonds is 5. The lowest BCUT2D eigenvalue weighted by molar-refractivity contribution is -0.137. The molecule has 2 nitrogen and oxygen atoms in total. The average molecular weight is 444 g/mol. The maximum atomic E-state index is 12.8. The van der Waals surface area contributed by atoms with Gasteiger partial charge >= 0.3 is 6.18 Å². The first-order chi connectivity index (χ1) is 12.8. The molecular weight excluding hydrogens is 431 g/mol. The van der Waals surface area contributed by atoms with E-state index in [4.69, 9.17) is 12.2 Å². The van der Waals surface area contributed by atoms with Crippen molar-refractivity contribution in [1.29, 1.82) is 0 Å². The minimum absolute atomic E-state index is 0.0814. The van der Waals surface area contributed by atoms with Gasteiger partial charge in [0, 0.05) is 11.3 Å². The molecule has 1 aromatic heterocycles. The fourth-order valence-corrected chi connectivity index (χ4v) is 6.58. The Morgan fingerprint density at radius 3 is 2.52 bits per heavy atom. The number of carbonyl (C=O) groups is 1.